The van der Waals surface area contributed by atoms with E-state index in [1.807, 2.05) is 0 Å². The van der Waals surface area contributed by atoms with Gasteiger partial charge in [-0.2, -0.15) is 0 Å². The van der Waals surface area contributed by atoms with E-state index in [2.05, 4.69) is 39.8 Å². The number of hydrogen-bond donors (Lipinski definition) is 0. The zero-order valence-corrected chi connectivity index (χ0v) is 10.6. The van der Waals surface area contributed by atoms with Crippen LogP contribution in [0.3, 0.4) is 0 Å². The van der Waals surface area contributed by atoms with Crippen LogP contribution < -0.4 is 0 Å². The molecule has 0 saturated heterocycles. The second kappa shape index (κ2) is 4.15. The fraction of sp³-hybridized carbons (Fsp3) is 0.733. The molecule has 15 heavy (non-hydrogen) atoms. The maximum Gasteiger partial charge on any atom is -0.00114 e. The molecule has 0 unspecified atom stereocenters. The van der Waals surface area contributed by atoms with Crippen molar-refractivity contribution in [2.75, 3.05) is 0 Å². The summed E-state index contributed by atoms with van der Waals surface area (Å²) in [5.41, 5.74) is 3.45. The standard InChI is InChI=1S/C15H24/c1-10(2)5-12-7-15-9-14(12)8-13(15)6-11(3)4/h7-8,10-11,14-15H,5-6,9H2,1-4H3/t14-,15-/m1/s1. The molecule has 0 nitrogen and oxygen atoms in total. The average molecular weight is 204 g/mol. The van der Waals surface area contributed by atoms with E-state index in [9.17, 15) is 0 Å². The molecule has 2 atom stereocenters. The third kappa shape index (κ3) is 2.35. The second-order valence-corrected chi connectivity index (χ2v) is 6.13. The van der Waals surface area contributed by atoms with E-state index in [-0.39, 0.29) is 0 Å². The maximum absolute atomic E-state index is 2.57. The molecule has 2 aliphatic carbocycles. The summed E-state index contributed by atoms with van der Waals surface area (Å²) >= 11 is 0. The molecule has 0 aromatic carbocycles. The van der Waals surface area contributed by atoms with E-state index >= 15 is 0 Å². The lowest BCUT2D eigenvalue weighted by Crippen LogP contribution is -2.01. The highest BCUT2D eigenvalue weighted by Gasteiger charge is 2.33. The van der Waals surface area contributed by atoms with Gasteiger partial charge in [0.05, 0.1) is 0 Å². The van der Waals surface area contributed by atoms with Crippen LogP contribution in [0.25, 0.3) is 0 Å². The van der Waals surface area contributed by atoms with Gasteiger partial charge in [-0.15, -0.1) is 0 Å². The van der Waals surface area contributed by atoms with Gasteiger partial charge >= 0.3 is 0 Å². The first-order valence-corrected chi connectivity index (χ1v) is 6.47. The van der Waals surface area contributed by atoms with Crippen molar-refractivity contribution in [1.29, 1.82) is 0 Å². The summed E-state index contributed by atoms with van der Waals surface area (Å²) in [6.07, 6.45) is 9.16. The third-order valence-electron chi connectivity index (χ3n) is 3.58. The van der Waals surface area contributed by atoms with Crippen molar-refractivity contribution >= 4 is 0 Å². The molecule has 0 aromatic heterocycles. The molecule has 0 aliphatic heterocycles. The molecule has 2 aliphatic rings. The van der Waals surface area contributed by atoms with Gasteiger partial charge in [0.25, 0.3) is 0 Å². The molecule has 0 amide bonds. The van der Waals surface area contributed by atoms with Crippen molar-refractivity contribution in [2.45, 2.75) is 47.0 Å². The Kier molecular flexibility index (Phi) is 3.04. The van der Waals surface area contributed by atoms with Crippen LogP contribution in [-0.4, -0.2) is 0 Å². The smallest absolute Gasteiger partial charge is 0.00114 e. The quantitative estimate of drug-likeness (QED) is 0.588. The zero-order valence-electron chi connectivity index (χ0n) is 10.6. The van der Waals surface area contributed by atoms with E-state index in [0.717, 1.165) is 23.7 Å². The molecule has 0 heteroatoms. The number of fused-ring (bicyclic) bond motifs is 2. The molecule has 2 bridgehead atoms. The lowest BCUT2D eigenvalue weighted by atomic mass is 9.90. The minimum absolute atomic E-state index is 0.811. The van der Waals surface area contributed by atoms with E-state index in [1.54, 1.807) is 11.1 Å². The summed E-state index contributed by atoms with van der Waals surface area (Å²) in [6.45, 7) is 9.30. The number of hydrogen-bond acceptors (Lipinski definition) is 0. The van der Waals surface area contributed by atoms with Crippen molar-refractivity contribution in [1.82, 2.24) is 0 Å². The van der Waals surface area contributed by atoms with Crippen molar-refractivity contribution in [3.8, 4) is 0 Å². The molecule has 0 heterocycles. The Morgan fingerprint density at radius 2 is 1.33 bits per heavy atom. The van der Waals surface area contributed by atoms with Gasteiger partial charge in [0, 0.05) is 0 Å². The van der Waals surface area contributed by atoms with Gasteiger partial charge in [0.2, 0.25) is 0 Å². The molecule has 0 N–H and O–H groups in total. The van der Waals surface area contributed by atoms with Crippen LogP contribution in [0.1, 0.15) is 47.0 Å². The van der Waals surface area contributed by atoms with Gasteiger partial charge in [0.15, 0.2) is 0 Å². The van der Waals surface area contributed by atoms with Gasteiger partial charge < -0.3 is 0 Å². The molecular formula is C15H24. The van der Waals surface area contributed by atoms with Gasteiger partial charge in [0.1, 0.15) is 0 Å². The lowest BCUT2D eigenvalue weighted by Gasteiger charge is -2.16. The fourth-order valence-corrected chi connectivity index (χ4v) is 3.07. The fourth-order valence-electron chi connectivity index (χ4n) is 3.07. The zero-order chi connectivity index (χ0) is 11.0. The summed E-state index contributed by atoms with van der Waals surface area (Å²) in [4.78, 5) is 0. The molecule has 0 fully saturated rings. The van der Waals surface area contributed by atoms with E-state index in [0.29, 0.717) is 0 Å². The van der Waals surface area contributed by atoms with Crippen LogP contribution in [0.4, 0.5) is 0 Å². The highest BCUT2D eigenvalue weighted by molar-refractivity contribution is 5.36. The minimum Gasteiger partial charge on any atom is -0.0775 e. The summed E-state index contributed by atoms with van der Waals surface area (Å²) < 4.78 is 0. The highest BCUT2D eigenvalue weighted by Crippen LogP contribution is 2.46. The molecule has 0 aromatic rings. The predicted molar refractivity (Wildman–Crippen MR) is 66.7 cm³/mol. The molecule has 2 rings (SSSR count). The molecule has 0 saturated carbocycles. The van der Waals surface area contributed by atoms with Crippen LogP contribution in [0.5, 0.6) is 0 Å². The van der Waals surface area contributed by atoms with Crippen LogP contribution in [0.2, 0.25) is 0 Å². The lowest BCUT2D eigenvalue weighted by molar-refractivity contribution is 0.589. The Balaban J connectivity index is 1.97. The van der Waals surface area contributed by atoms with Crippen molar-refractivity contribution in [3.05, 3.63) is 23.3 Å². The van der Waals surface area contributed by atoms with Crippen LogP contribution in [0, 0.1) is 23.7 Å². The summed E-state index contributed by atoms with van der Waals surface area (Å²) in [5, 5.41) is 0. The minimum atomic E-state index is 0.811. The van der Waals surface area contributed by atoms with E-state index < -0.39 is 0 Å². The van der Waals surface area contributed by atoms with Crippen molar-refractivity contribution in [2.24, 2.45) is 23.7 Å². The Hall–Kier alpha value is -0.520. The summed E-state index contributed by atoms with van der Waals surface area (Å²) in [7, 11) is 0. The molecule has 0 radical (unpaired) electrons. The molecular weight excluding hydrogens is 180 g/mol. The molecule has 0 spiro atoms. The Labute approximate surface area is 94.5 Å². The van der Waals surface area contributed by atoms with Gasteiger partial charge in [-0.25, -0.2) is 0 Å². The maximum atomic E-state index is 2.57. The topological polar surface area (TPSA) is 0 Å². The Morgan fingerprint density at radius 1 is 0.933 bits per heavy atom. The molecule has 84 valence electrons. The van der Waals surface area contributed by atoms with E-state index in [1.165, 1.54) is 19.3 Å². The first-order valence-electron chi connectivity index (χ1n) is 6.47. The predicted octanol–water partition coefficient (Wildman–Crippen LogP) is 4.58. The number of allylic oxidation sites excluding steroid dienone is 4. The Morgan fingerprint density at radius 3 is 1.60 bits per heavy atom. The summed E-state index contributed by atoms with van der Waals surface area (Å²) in [5.74, 6) is 3.26. The van der Waals surface area contributed by atoms with Crippen molar-refractivity contribution in [3.63, 3.8) is 0 Å². The van der Waals surface area contributed by atoms with Crippen molar-refractivity contribution < 1.29 is 0 Å². The first-order chi connectivity index (χ1) is 7.06. The summed E-state index contributed by atoms with van der Waals surface area (Å²) in [6, 6.07) is 0. The van der Waals surface area contributed by atoms with Crippen LogP contribution in [-0.2, 0) is 0 Å². The van der Waals surface area contributed by atoms with E-state index in [4.69, 9.17) is 0 Å². The van der Waals surface area contributed by atoms with Crippen LogP contribution >= 0.6 is 0 Å². The SMILES string of the molecule is CC(C)CC1=C[C@@H]2C[C@H]1C=C2CC(C)C. The van der Waals surface area contributed by atoms with Gasteiger partial charge in [-0.3, -0.25) is 0 Å². The third-order valence-corrected chi connectivity index (χ3v) is 3.58. The second-order valence-electron chi connectivity index (χ2n) is 6.13. The van der Waals surface area contributed by atoms with Gasteiger partial charge in [-0.1, -0.05) is 51.0 Å². The average Bonchev–Trinajstić information content (AvgIpc) is 2.60. The highest BCUT2D eigenvalue weighted by atomic mass is 14.4. The largest absolute Gasteiger partial charge is 0.0775 e. The normalized spacial score (nSPS) is 28.9. The first kappa shape index (κ1) is 11.0. The van der Waals surface area contributed by atoms with Crippen LogP contribution in [0.15, 0.2) is 23.3 Å². The van der Waals surface area contributed by atoms with Gasteiger partial charge in [-0.05, 0) is 42.9 Å². The monoisotopic (exact) mass is 204 g/mol. The Bertz CT molecular complexity index is 261. The number of rotatable bonds is 4.